The fourth-order valence-electron chi connectivity index (χ4n) is 3.06. The van der Waals surface area contributed by atoms with E-state index in [-0.39, 0.29) is 12.5 Å². The van der Waals surface area contributed by atoms with E-state index >= 15 is 0 Å². The molecule has 0 unspecified atom stereocenters. The van der Waals surface area contributed by atoms with Crippen molar-refractivity contribution in [3.63, 3.8) is 0 Å². The summed E-state index contributed by atoms with van der Waals surface area (Å²) in [6.45, 7) is 6.55. The Morgan fingerprint density at radius 3 is 2.88 bits per heavy atom. The van der Waals surface area contributed by atoms with Crippen LogP contribution in [0, 0.1) is 6.92 Å². The van der Waals surface area contributed by atoms with E-state index in [1.807, 2.05) is 13.8 Å². The highest BCUT2D eigenvalue weighted by molar-refractivity contribution is 5.92. The molecule has 1 atom stereocenters. The topological polar surface area (TPSA) is 106 Å². The summed E-state index contributed by atoms with van der Waals surface area (Å²) in [5, 5.41) is 27.5. The molecule has 0 bridgehead atoms. The Balaban J connectivity index is 1.74. The zero-order valence-electron chi connectivity index (χ0n) is 15.1. The molecule has 0 fully saturated rings. The van der Waals surface area contributed by atoms with Gasteiger partial charge in [0, 0.05) is 13.2 Å². The van der Waals surface area contributed by atoms with Gasteiger partial charge in [-0.25, -0.2) is 0 Å². The van der Waals surface area contributed by atoms with Gasteiger partial charge in [0.2, 0.25) is 0 Å². The molecule has 1 amide bonds. The van der Waals surface area contributed by atoms with Gasteiger partial charge in [-0.15, -0.1) is 0 Å². The minimum Gasteiger partial charge on any atom is -0.393 e. The number of aliphatic hydroxyl groups is 2. The van der Waals surface area contributed by atoms with E-state index < -0.39 is 6.10 Å². The van der Waals surface area contributed by atoms with Crippen molar-refractivity contribution in [1.82, 2.24) is 24.5 Å². The SMILES string of the molecule is CCOCCn1nc(C)cc1C(=O)N1CCn2nc([C@H](O)CO)cc2C1. The maximum atomic E-state index is 13.0. The molecule has 142 valence electrons. The number of nitrogens with zero attached hydrogens (tertiary/aromatic N) is 5. The molecule has 0 aliphatic carbocycles. The van der Waals surface area contributed by atoms with Crippen LogP contribution in [0.5, 0.6) is 0 Å². The molecule has 3 heterocycles. The lowest BCUT2D eigenvalue weighted by Crippen LogP contribution is -2.39. The summed E-state index contributed by atoms with van der Waals surface area (Å²) < 4.78 is 8.84. The van der Waals surface area contributed by atoms with Crippen LogP contribution in [0.3, 0.4) is 0 Å². The molecule has 0 saturated carbocycles. The van der Waals surface area contributed by atoms with Crippen LogP contribution in [-0.4, -0.2) is 66.9 Å². The number of ether oxygens (including phenoxy) is 1. The molecule has 1 aliphatic rings. The van der Waals surface area contributed by atoms with Crippen LogP contribution in [0.4, 0.5) is 0 Å². The quantitative estimate of drug-likeness (QED) is 0.676. The van der Waals surface area contributed by atoms with E-state index in [4.69, 9.17) is 9.84 Å². The van der Waals surface area contributed by atoms with Gasteiger partial charge in [-0.3, -0.25) is 14.2 Å². The minimum atomic E-state index is -1.00. The Bertz CT molecular complexity index is 769. The first-order valence-corrected chi connectivity index (χ1v) is 8.80. The number of aryl methyl sites for hydroxylation is 1. The number of carbonyl (C=O) groups is 1. The highest BCUT2D eigenvalue weighted by atomic mass is 16.5. The largest absolute Gasteiger partial charge is 0.393 e. The molecule has 0 radical (unpaired) electrons. The molecule has 2 aromatic rings. The van der Waals surface area contributed by atoms with Crippen LogP contribution in [0.15, 0.2) is 12.1 Å². The molecule has 26 heavy (non-hydrogen) atoms. The van der Waals surface area contributed by atoms with Crippen LogP contribution in [0.25, 0.3) is 0 Å². The zero-order valence-corrected chi connectivity index (χ0v) is 15.1. The number of hydrogen-bond acceptors (Lipinski definition) is 6. The lowest BCUT2D eigenvalue weighted by atomic mass is 10.2. The fraction of sp³-hybridized carbons (Fsp3) is 0.588. The summed E-state index contributed by atoms with van der Waals surface area (Å²) in [5.74, 6) is -0.0844. The van der Waals surface area contributed by atoms with Gasteiger partial charge in [-0.1, -0.05) is 0 Å². The van der Waals surface area contributed by atoms with Crippen molar-refractivity contribution in [1.29, 1.82) is 0 Å². The second-order valence-corrected chi connectivity index (χ2v) is 6.30. The summed E-state index contributed by atoms with van der Waals surface area (Å²) in [5.41, 5.74) is 2.60. The van der Waals surface area contributed by atoms with E-state index in [1.54, 1.807) is 26.4 Å². The van der Waals surface area contributed by atoms with Gasteiger partial charge in [0.1, 0.15) is 11.8 Å². The Kier molecular flexibility index (Phi) is 5.70. The Labute approximate surface area is 151 Å². The van der Waals surface area contributed by atoms with Crippen LogP contribution in [0.2, 0.25) is 0 Å². The summed E-state index contributed by atoms with van der Waals surface area (Å²) in [6.07, 6.45) is -1.00. The third-order valence-electron chi connectivity index (χ3n) is 4.39. The molecule has 0 aromatic carbocycles. The zero-order chi connectivity index (χ0) is 18.7. The summed E-state index contributed by atoms with van der Waals surface area (Å²) >= 11 is 0. The van der Waals surface area contributed by atoms with Crippen LogP contribution < -0.4 is 0 Å². The normalized spacial score (nSPS) is 15.2. The fourth-order valence-corrected chi connectivity index (χ4v) is 3.06. The first-order chi connectivity index (χ1) is 12.5. The smallest absolute Gasteiger partial charge is 0.272 e. The van der Waals surface area contributed by atoms with Crippen molar-refractivity contribution >= 4 is 5.91 Å². The Hall–Kier alpha value is -2.23. The van der Waals surface area contributed by atoms with Gasteiger partial charge in [0.05, 0.1) is 49.9 Å². The van der Waals surface area contributed by atoms with E-state index in [2.05, 4.69) is 10.2 Å². The van der Waals surface area contributed by atoms with Gasteiger partial charge >= 0.3 is 0 Å². The second kappa shape index (κ2) is 7.98. The number of rotatable bonds is 7. The van der Waals surface area contributed by atoms with Gasteiger partial charge in [0.25, 0.3) is 5.91 Å². The maximum Gasteiger partial charge on any atom is 0.272 e. The molecule has 9 heteroatoms. The van der Waals surface area contributed by atoms with Crippen molar-refractivity contribution in [3.05, 3.63) is 34.9 Å². The van der Waals surface area contributed by atoms with E-state index in [9.17, 15) is 9.90 Å². The predicted octanol–water partition coefficient (Wildman–Crippen LogP) is 0.106. The minimum absolute atomic E-state index is 0.0844. The molecule has 1 aliphatic heterocycles. The number of aliphatic hydroxyl groups excluding tert-OH is 2. The summed E-state index contributed by atoms with van der Waals surface area (Å²) in [6, 6.07) is 3.53. The summed E-state index contributed by atoms with van der Waals surface area (Å²) in [7, 11) is 0. The Morgan fingerprint density at radius 2 is 2.15 bits per heavy atom. The van der Waals surface area contributed by atoms with Crippen LogP contribution in [0.1, 0.15) is 40.6 Å². The Morgan fingerprint density at radius 1 is 1.35 bits per heavy atom. The second-order valence-electron chi connectivity index (χ2n) is 6.30. The molecule has 0 saturated heterocycles. The molecule has 2 N–H and O–H groups in total. The van der Waals surface area contributed by atoms with Gasteiger partial charge in [0.15, 0.2) is 0 Å². The molecular formula is C17H25N5O4. The highest BCUT2D eigenvalue weighted by Crippen LogP contribution is 2.20. The maximum absolute atomic E-state index is 13.0. The first-order valence-electron chi connectivity index (χ1n) is 8.80. The van der Waals surface area contributed by atoms with Crippen LogP contribution >= 0.6 is 0 Å². The van der Waals surface area contributed by atoms with E-state index in [0.29, 0.717) is 50.8 Å². The number of hydrogen-bond donors (Lipinski definition) is 2. The molecule has 0 spiro atoms. The number of carbonyl (C=O) groups excluding carboxylic acids is 1. The van der Waals surface area contributed by atoms with E-state index in [0.717, 1.165) is 11.4 Å². The third-order valence-corrected chi connectivity index (χ3v) is 4.39. The monoisotopic (exact) mass is 363 g/mol. The average Bonchev–Trinajstić information content (AvgIpc) is 3.23. The molecule has 9 nitrogen and oxygen atoms in total. The van der Waals surface area contributed by atoms with Gasteiger partial charge in [-0.05, 0) is 26.0 Å². The van der Waals surface area contributed by atoms with Crippen LogP contribution in [-0.2, 0) is 24.4 Å². The highest BCUT2D eigenvalue weighted by Gasteiger charge is 2.26. The molecule has 3 rings (SSSR count). The lowest BCUT2D eigenvalue weighted by Gasteiger charge is -2.27. The lowest BCUT2D eigenvalue weighted by molar-refractivity contribution is 0.0687. The van der Waals surface area contributed by atoms with E-state index in [1.165, 1.54) is 0 Å². The van der Waals surface area contributed by atoms with Crippen molar-refractivity contribution in [2.75, 3.05) is 26.4 Å². The van der Waals surface area contributed by atoms with Crippen molar-refractivity contribution in [2.24, 2.45) is 0 Å². The molecule has 2 aromatic heterocycles. The van der Waals surface area contributed by atoms with Gasteiger partial charge < -0.3 is 19.8 Å². The standard InChI is InChI=1S/C17H25N5O4/c1-3-26-7-6-22-15(8-12(2)18-22)17(25)20-4-5-21-13(10-20)9-14(19-21)16(24)11-23/h8-9,16,23-24H,3-7,10-11H2,1-2H3/t16-/m1/s1. The predicted molar refractivity (Wildman–Crippen MR) is 92.5 cm³/mol. The number of aromatic nitrogens is 4. The van der Waals surface area contributed by atoms with Crippen molar-refractivity contribution < 1.29 is 19.7 Å². The van der Waals surface area contributed by atoms with Gasteiger partial charge in [-0.2, -0.15) is 10.2 Å². The van der Waals surface area contributed by atoms with Crippen molar-refractivity contribution in [2.45, 2.75) is 39.6 Å². The number of fused-ring (bicyclic) bond motifs is 1. The number of amides is 1. The first kappa shape index (κ1) is 18.6. The molecular weight excluding hydrogens is 338 g/mol. The van der Waals surface area contributed by atoms with Crippen molar-refractivity contribution in [3.8, 4) is 0 Å². The average molecular weight is 363 g/mol. The third kappa shape index (κ3) is 3.79. The summed E-state index contributed by atoms with van der Waals surface area (Å²) in [4.78, 5) is 14.7.